The highest BCUT2D eigenvalue weighted by molar-refractivity contribution is 6.33. The minimum absolute atomic E-state index is 0.158. The summed E-state index contributed by atoms with van der Waals surface area (Å²) in [6.45, 7) is -0.747. The van der Waals surface area contributed by atoms with E-state index in [1.807, 2.05) is 0 Å². The van der Waals surface area contributed by atoms with Crippen LogP contribution >= 0.6 is 11.6 Å². The van der Waals surface area contributed by atoms with Gasteiger partial charge >= 0.3 is 5.97 Å². The molecule has 0 saturated heterocycles. The molecule has 2 aromatic carbocycles. The molecular weight excluding hydrogens is 407 g/mol. The third-order valence-electron chi connectivity index (χ3n) is 3.72. The summed E-state index contributed by atoms with van der Waals surface area (Å²) in [4.78, 5) is 33.9. The van der Waals surface area contributed by atoms with E-state index in [4.69, 9.17) is 20.8 Å². The van der Waals surface area contributed by atoms with E-state index in [2.05, 4.69) is 5.32 Å². The van der Waals surface area contributed by atoms with Gasteiger partial charge < -0.3 is 14.5 Å². The topological polar surface area (TPSA) is 112 Å². The molecule has 0 fully saturated rings. The number of nitro groups is 1. The molecule has 0 spiro atoms. The fraction of sp³-hybridized carbons (Fsp3) is 0.0526. The van der Waals surface area contributed by atoms with Gasteiger partial charge in [-0.2, -0.15) is 0 Å². The largest absolute Gasteiger partial charge is 0.450 e. The molecule has 0 bridgehead atoms. The first-order chi connectivity index (χ1) is 13.8. The molecule has 1 heterocycles. The Balaban J connectivity index is 1.61. The minimum atomic E-state index is -0.919. The van der Waals surface area contributed by atoms with Crippen molar-refractivity contribution in [1.82, 2.24) is 0 Å². The Morgan fingerprint density at radius 3 is 2.66 bits per heavy atom. The molecule has 0 unspecified atom stereocenters. The molecule has 8 nitrogen and oxygen atoms in total. The van der Waals surface area contributed by atoms with Crippen molar-refractivity contribution < 1.29 is 28.1 Å². The van der Waals surface area contributed by atoms with Gasteiger partial charge in [0.25, 0.3) is 11.6 Å². The van der Waals surface area contributed by atoms with Crippen LogP contribution in [0.3, 0.4) is 0 Å². The average Bonchev–Trinajstić information content (AvgIpc) is 3.18. The Morgan fingerprint density at radius 2 is 1.93 bits per heavy atom. The number of furan rings is 1. The Morgan fingerprint density at radius 1 is 1.17 bits per heavy atom. The molecule has 29 heavy (non-hydrogen) atoms. The Kier molecular flexibility index (Phi) is 5.89. The van der Waals surface area contributed by atoms with E-state index in [1.165, 1.54) is 12.1 Å². The number of nitrogens with one attached hydrogen (secondary N) is 1. The fourth-order valence-electron chi connectivity index (χ4n) is 2.36. The molecule has 0 radical (unpaired) electrons. The van der Waals surface area contributed by atoms with E-state index in [-0.39, 0.29) is 5.76 Å². The van der Waals surface area contributed by atoms with Crippen molar-refractivity contribution in [2.24, 2.45) is 0 Å². The standard InChI is InChI=1S/C19H12ClFN2O6/c20-13-4-2-1-3-12(13)16-7-8-17(29-16)19(25)28-10-18(24)22-15-9-11(23(26)27)5-6-14(15)21/h1-9H,10H2,(H,22,24). The van der Waals surface area contributed by atoms with Crippen LogP contribution < -0.4 is 5.32 Å². The summed E-state index contributed by atoms with van der Waals surface area (Å²) in [7, 11) is 0. The summed E-state index contributed by atoms with van der Waals surface area (Å²) in [6, 6.07) is 12.4. The van der Waals surface area contributed by atoms with E-state index in [0.29, 0.717) is 16.3 Å². The van der Waals surface area contributed by atoms with Gasteiger partial charge in [-0.1, -0.05) is 23.7 Å². The van der Waals surface area contributed by atoms with Crippen LogP contribution in [0.2, 0.25) is 5.02 Å². The van der Waals surface area contributed by atoms with Crippen molar-refractivity contribution in [3.8, 4) is 11.3 Å². The SMILES string of the molecule is O=C(COC(=O)c1ccc(-c2ccccc2Cl)o1)Nc1cc([N+](=O)[O-])ccc1F. The number of hydrogen-bond acceptors (Lipinski definition) is 6. The second-order valence-corrected chi connectivity index (χ2v) is 6.10. The normalized spacial score (nSPS) is 10.4. The average molecular weight is 419 g/mol. The van der Waals surface area contributed by atoms with Crippen LogP contribution in [-0.4, -0.2) is 23.4 Å². The third-order valence-corrected chi connectivity index (χ3v) is 4.05. The summed E-state index contributed by atoms with van der Waals surface area (Å²) in [6.07, 6.45) is 0. The van der Waals surface area contributed by atoms with E-state index < -0.39 is 40.6 Å². The smallest absolute Gasteiger partial charge is 0.374 e. The van der Waals surface area contributed by atoms with Crippen LogP contribution in [-0.2, 0) is 9.53 Å². The molecular formula is C19H12ClFN2O6. The lowest BCUT2D eigenvalue weighted by Crippen LogP contribution is -2.21. The van der Waals surface area contributed by atoms with Crippen LogP contribution in [0.1, 0.15) is 10.6 Å². The summed E-state index contributed by atoms with van der Waals surface area (Å²) in [5.74, 6) is -2.49. The number of amides is 1. The van der Waals surface area contributed by atoms with E-state index in [9.17, 15) is 24.1 Å². The summed E-state index contributed by atoms with van der Waals surface area (Å²) in [5.41, 5.74) is -0.229. The van der Waals surface area contributed by atoms with Crippen molar-refractivity contribution in [2.45, 2.75) is 0 Å². The van der Waals surface area contributed by atoms with Crippen molar-refractivity contribution in [2.75, 3.05) is 11.9 Å². The number of non-ortho nitro benzene ring substituents is 1. The molecule has 3 rings (SSSR count). The van der Waals surface area contributed by atoms with Crippen molar-refractivity contribution in [3.05, 3.63) is 81.3 Å². The van der Waals surface area contributed by atoms with Crippen LogP contribution in [0.5, 0.6) is 0 Å². The molecule has 0 atom stereocenters. The van der Waals surface area contributed by atoms with Crippen LogP contribution in [0.25, 0.3) is 11.3 Å². The Labute approximate surface area is 168 Å². The van der Waals surface area contributed by atoms with Crippen LogP contribution in [0.4, 0.5) is 15.8 Å². The predicted octanol–water partition coefficient (Wildman–Crippen LogP) is 4.44. The molecule has 3 aromatic rings. The zero-order valence-corrected chi connectivity index (χ0v) is 15.3. The molecule has 0 aliphatic rings. The first-order valence-electron chi connectivity index (χ1n) is 8.11. The number of carbonyl (C=O) groups excluding carboxylic acids is 2. The van der Waals surface area contributed by atoms with Gasteiger partial charge in [0.2, 0.25) is 5.76 Å². The third kappa shape index (κ3) is 4.77. The van der Waals surface area contributed by atoms with Crippen molar-refractivity contribution in [3.63, 3.8) is 0 Å². The van der Waals surface area contributed by atoms with Crippen molar-refractivity contribution >= 4 is 34.9 Å². The van der Waals surface area contributed by atoms with Gasteiger partial charge in [0, 0.05) is 17.7 Å². The van der Waals surface area contributed by atoms with Gasteiger partial charge in [0.1, 0.15) is 11.6 Å². The van der Waals surface area contributed by atoms with E-state index in [1.54, 1.807) is 24.3 Å². The number of nitrogens with zero attached hydrogens (tertiary/aromatic N) is 1. The first kappa shape index (κ1) is 20.0. The van der Waals surface area contributed by atoms with Crippen molar-refractivity contribution in [1.29, 1.82) is 0 Å². The lowest BCUT2D eigenvalue weighted by atomic mass is 10.2. The number of nitro benzene ring substituents is 1. The van der Waals surface area contributed by atoms with Gasteiger partial charge in [-0.15, -0.1) is 0 Å². The number of carbonyl (C=O) groups is 2. The minimum Gasteiger partial charge on any atom is -0.450 e. The van der Waals surface area contributed by atoms with Gasteiger partial charge in [0.15, 0.2) is 6.61 Å². The molecule has 148 valence electrons. The number of halogens is 2. The maximum atomic E-state index is 13.7. The lowest BCUT2D eigenvalue weighted by Gasteiger charge is -2.07. The monoisotopic (exact) mass is 418 g/mol. The fourth-order valence-corrected chi connectivity index (χ4v) is 2.59. The lowest BCUT2D eigenvalue weighted by molar-refractivity contribution is -0.384. The number of ether oxygens (including phenoxy) is 1. The number of anilines is 1. The van der Waals surface area contributed by atoms with Crippen LogP contribution in [0.15, 0.2) is 59.0 Å². The summed E-state index contributed by atoms with van der Waals surface area (Å²) < 4.78 is 23.9. The molecule has 10 heteroatoms. The molecule has 0 saturated carbocycles. The molecule has 1 amide bonds. The highest BCUT2D eigenvalue weighted by Gasteiger charge is 2.18. The zero-order chi connectivity index (χ0) is 21.0. The summed E-state index contributed by atoms with van der Waals surface area (Å²) in [5, 5.41) is 13.3. The molecule has 1 N–H and O–H groups in total. The quantitative estimate of drug-likeness (QED) is 0.360. The number of benzene rings is 2. The Hall–Kier alpha value is -3.72. The molecule has 0 aliphatic carbocycles. The summed E-state index contributed by atoms with van der Waals surface area (Å²) >= 11 is 6.07. The second-order valence-electron chi connectivity index (χ2n) is 5.69. The van der Waals surface area contributed by atoms with E-state index in [0.717, 1.165) is 18.2 Å². The predicted molar refractivity (Wildman–Crippen MR) is 101 cm³/mol. The highest BCUT2D eigenvalue weighted by Crippen LogP contribution is 2.29. The van der Waals surface area contributed by atoms with Gasteiger partial charge in [-0.3, -0.25) is 14.9 Å². The maximum absolute atomic E-state index is 13.7. The van der Waals surface area contributed by atoms with Gasteiger partial charge in [-0.05, 0) is 30.3 Å². The number of esters is 1. The maximum Gasteiger partial charge on any atom is 0.374 e. The molecule has 1 aromatic heterocycles. The van der Waals surface area contributed by atoms with Gasteiger partial charge in [0.05, 0.1) is 15.6 Å². The Bertz CT molecular complexity index is 1100. The highest BCUT2D eigenvalue weighted by atomic mass is 35.5. The van der Waals surface area contributed by atoms with E-state index >= 15 is 0 Å². The van der Waals surface area contributed by atoms with Gasteiger partial charge in [-0.25, -0.2) is 9.18 Å². The first-order valence-corrected chi connectivity index (χ1v) is 8.48. The second kappa shape index (κ2) is 8.53. The number of rotatable bonds is 6. The number of hydrogen-bond donors (Lipinski definition) is 1. The van der Waals surface area contributed by atoms with Crippen LogP contribution in [0, 0.1) is 15.9 Å². The molecule has 0 aliphatic heterocycles. The zero-order valence-electron chi connectivity index (χ0n) is 14.6.